The number of ether oxygens (including phenoxy) is 3. The number of aryl methyl sites for hydroxylation is 1. The van der Waals surface area contributed by atoms with E-state index in [1.807, 2.05) is 51.6 Å². The highest BCUT2D eigenvalue weighted by atomic mass is 32.2. The lowest BCUT2D eigenvalue weighted by molar-refractivity contribution is -0.124. The van der Waals surface area contributed by atoms with Crippen molar-refractivity contribution >= 4 is 23.6 Å². The first-order chi connectivity index (χ1) is 23.5. The summed E-state index contributed by atoms with van der Waals surface area (Å²) in [6.07, 6.45) is 11.9. The van der Waals surface area contributed by atoms with E-state index in [0.717, 1.165) is 81.0 Å². The number of aromatic nitrogens is 3. The maximum atomic E-state index is 13.9. The van der Waals surface area contributed by atoms with Crippen molar-refractivity contribution in [2.45, 2.75) is 82.6 Å². The molecule has 2 saturated heterocycles. The summed E-state index contributed by atoms with van der Waals surface area (Å²) in [6, 6.07) is 4.33. The van der Waals surface area contributed by atoms with Crippen LogP contribution < -0.4 is 25.2 Å². The van der Waals surface area contributed by atoms with Crippen LogP contribution >= 0.6 is 11.8 Å². The number of thioether (sulfide) groups is 1. The summed E-state index contributed by atoms with van der Waals surface area (Å²) in [6.45, 7) is 9.39. The van der Waals surface area contributed by atoms with Crippen molar-refractivity contribution in [2.24, 2.45) is 11.3 Å². The maximum absolute atomic E-state index is 13.9. The Kier molecular flexibility index (Phi) is 9.16. The fourth-order valence-corrected chi connectivity index (χ4v) is 8.61. The number of hydrogen-bond donors (Lipinski definition) is 2. The van der Waals surface area contributed by atoms with Gasteiger partial charge in [0.2, 0.25) is 5.95 Å². The minimum absolute atomic E-state index is 0.0989. The average Bonchev–Trinajstić information content (AvgIpc) is 3.46. The van der Waals surface area contributed by atoms with Crippen LogP contribution in [0.15, 0.2) is 34.2 Å². The van der Waals surface area contributed by atoms with Crippen molar-refractivity contribution in [3.63, 3.8) is 0 Å². The van der Waals surface area contributed by atoms with E-state index in [1.165, 1.54) is 11.8 Å². The molecule has 262 valence electrons. The van der Waals surface area contributed by atoms with E-state index < -0.39 is 5.79 Å². The average molecular weight is 689 g/mol. The van der Waals surface area contributed by atoms with E-state index in [-0.39, 0.29) is 23.9 Å². The van der Waals surface area contributed by atoms with E-state index in [2.05, 4.69) is 34.2 Å². The Labute approximate surface area is 292 Å². The number of hydrogen-bond acceptors (Lipinski definition) is 10. The van der Waals surface area contributed by atoms with Gasteiger partial charge < -0.3 is 34.3 Å². The third-order valence-corrected chi connectivity index (χ3v) is 12.1. The summed E-state index contributed by atoms with van der Waals surface area (Å²) in [5.74, 6) is 0.927. The largest absolute Gasteiger partial charge is 0.448 e. The zero-order valence-corrected chi connectivity index (χ0v) is 30.3. The summed E-state index contributed by atoms with van der Waals surface area (Å²) in [7, 11) is 4.28. The fourth-order valence-electron chi connectivity index (χ4n) is 7.90. The third-order valence-electron chi connectivity index (χ3n) is 11.3. The highest BCUT2D eigenvalue weighted by Crippen LogP contribution is 2.53. The van der Waals surface area contributed by atoms with Crippen molar-refractivity contribution in [1.82, 2.24) is 25.2 Å². The molecule has 0 bridgehead atoms. The number of fused-ring (bicyclic) bond motifs is 1. The Morgan fingerprint density at radius 1 is 1.06 bits per heavy atom. The summed E-state index contributed by atoms with van der Waals surface area (Å²) < 4.78 is 19.1. The molecule has 1 spiro atoms. The smallest absolute Gasteiger partial charge is 0.254 e. The second-order valence-corrected chi connectivity index (χ2v) is 15.6. The predicted octanol–water partition coefficient (Wildman–Crippen LogP) is 5.33. The standard InChI is InChI=1S/C37H48N6O5S/c1-22-15-30(49-6)29(34(45)41-22)19-38-33(44)27-16-28(24-17-39-35(40-18-24)43-13-11-37(12-14-43)20-46-21-37)32-31(23(27)2)47-36(3,48-32)25-7-9-26(10-8-25)42(4)5/h15-18,25-26H,7-14,19-21H2,1-6H3,(H,38,44)(H,41,45). The SMILES string of the molecule is CSc1cc(C)[nH]c(=O)c1CNC(=O)c1cc(-c2cnc(N3CCC4(CC3)COC4)nc2)c2c(c1C)OC(C)(C1CCC(N(C)C)CC1)O2. The van der Waals surface area contributed by atoms with Gasteiger partial charge in [-0.2, -0.15) is 0 Å². The number of aromatic amines is 1. The van der Waals surface area contributed by atoms with Crippen LogP contribution in [0.25, 0.3) is 11.1 Å². The lowest BCUT2D eigenvalue weighted by Gasteiger charge is -2.47. The van der Waals surface area contributed by atoms with Gasteiger partial charge in [-0.25, -0.2) is 9.97 Å². The van der Waals surface area contributed by atoms with Crippen LogP contribution in [-0.4, -0.2) is 84.2 Å². The molecule has 4 aliphatic rings. The van der Waals surface area contributed by atoms with Crippen molar-refractivity contribution in [3.8, 4) is 22.6 Å². The fraction of sp³-hybridized carbons (Fsp3) is 0.568. The summed E-state index contributed by atoms with van der Waals surface area (Å²) in [5, 5.41) is 3.01. The highest BCUT2D eigenvalue weighted by Gasteiger charge is 2.48. The summed E-state index contributed by atoms with van der Waals surface area (Å²) in [4.78, 5) is 44.6. The Hall–Kier alpha value is -3.61. The number of H-pyrrole nitrogens is 1. The Morgan fingerprint density at radius 2 is 1.73 bits per heavy atom. The number of amides is 1. The highest BCUT2D eigenvalue weighted by molar-refractivity contribution is 7.98. The molecule has 5 heterocycles. The van der Waals surface area contributed by atoms with Crippen LogP contribution in [0.4, 0.5) is 5.95 Å². The molecule has 1 aliphatic carbocycles. The second kappa shape index (κ2) is 13.3. The lowest BCUT2D eigenvalue weighted by Crippen LogP contribution is -2.51. The van der Waals surface area contributed by atoms with Gasteiger partial charge in [-0.1, -0.05) is 0 Å². The van der Waals surface area contributed by atoms with Crippen molar-refractivity contribution in [2.75, 3.05) is 51.6 Å². The first-order valence-corrected chi connectivity index (χ1v) is 18.6. The first kappa shape index (κ1) is 33.9. The van der Waals surface area contributed by atoms with Gasteiger partial charge in [0, 0.05) is 94.7 Å². The van der Waals surface area contributed by atoms with E-state index in [4.69, 9.17) is 24.2 Å². The number of carbonyl (C=O) groups excluding carboxylic acids is 1. The Bertz CT molecular complexity index is 1770. The van der Waals surface area contributed by atoms with Crippen molar-refractivity contribution < 1.29 is 19.0 Å². The molecule has 2 aromatic heterocycles. The van der Waals surface area contributed by atoms with E-state index >= 15 is 0 Å². The van der Waals surface area contributed by atoms with Crippen LogP contribution in [0.2, 0.25) is 0 Å². The molecule has 12 heteroatoms. The molecule has 1 unspecified atom stereocenters. The van der Waals surface area contributed by atoms with Crippen LogP contribution in [-0.2, 0) is 11.3 Å². The minimum Gasteiger partial charge on any atom is -0.448 e. The maximum Gasteiger partial charge on any atom is 0.254 e. The van der Waals surface area contributed by atoms with Gasteiger partial charge in [0.05, 0.1) is 13.2 Å². The second-order valence-electron chi connectivity index (χ2n) is 14.7. The van der Waals surface area contributed by atoms with Crippen LogP contribution in [0.1, 0.15) is 72.6 Å². The quantitative estimate of drug-likeness (QED) is 0.301. The number of anilines is 1. The topological polar surface area (TPSA) is 122 Å². The molecule has 11 nitrogen and oxygen atoms in total. The molecule has 3 aromatic rings. The first-order valence-electron chi connectivity index (χ1n) is 17.4. The zero-order valence-electron chi connectivity index (χ0n) is 29.5. The van der Waals surface area contributed by atoms with Gasteiger partial charge in [0.1, 0.15) is 0 Å². The molecule has 3 fully saturated rings. The number of nitrogens with zero attached hydrogens (tertiary/aromatic N) is 4. The molecule has 1 atom stereocenters. The molecule has 7 rings (SSSR count). The third kappa shape index (κ3) is 6.43. The van der Waals surface area contributed by atoms with Crippen LogP contribution in [0.3, 0.4) is 0 Å². The number of pyridine rings is 1. The minimum atomic E-state index is -0.869. The predicted molar refractivity (Wildman–Crippen MR) is 191 cm³/mol. The van der Waals surface area contributed by atoms with Gasteiger partial charge in [-0.05, 0) is 84.9 Å². The van der Waals surface area contributed by atoms with E-state index in [0.29, 0.717) is 51.2 Å². The monoisotopic (exact) mass is 688 g/mol. The number of carbonyl (C=O) groups is 1. The van der Waals surface area contributed by atoms with E-state index in [9.17, 15) is 9.59 Å². The van der Waals surface area contributed by atoms with Crippen LogP contribution in [0, 0.1) is 25.2 Å². The molecular weight excluding hydrogens is 641 g/mol. The number of rotatable bonds is 8. The number of nitrogens with one attached hydrogen (secondary N) is 2. The van der Waals surface area contributed by atoms with Gasteiger partial charge in [-0.3, -0.25) is 9.59 Å². The Balaban J connectivity index is 1.19. The molecule has 1 saturated carbocycles. The van der Waals surface area contributed by atoms with Crippen molar-refractivity contribution in [3.05, 3.63) is 57.3 Å². The van der Waals surface area contributed by atoms with Crippen molar-refractivity contribution in [1.29, 1.82) is 0 Å². The Morgan fingerprint density at radius 3 is 2.35 bits per heavy atom. The molecule has 3 aliphatic heterocycles. The summed E-state index contributed by atoms with van der Waals surface area (Å²) >= 11 is 1.49. The molecule has 1 aromatic carbocycles. The van der Waals surface area contributed by atoms with E-state index in [1.54, 1.807) is 0 Å². The molecule has 49 heavy (non-hydrogen) atoms. The van der Waals surface area contributed by atoms with Gasteiger partial charge in [0.25, 0.3) is 17.3 Å². The molecule has 2 N–H and O–H groups in total. The summed E-state index contributed by atoms with van der Waals surface area (Å²) in [5.41, 5.74) is 4.06. The van der Waals surface area contributed by atoms with Crippen LogP contribution in [0.5, 0.6) is 11.5 Å². The number of piperidine rings is 1. The lowest BCUT2D eigenvalue weighted by atomic mass is 9.77. The normalized spacial score (nSPS) is 24.3. The van der Waals surface area contributed by atoms with Gasteiger partial charge in [0.15, 0.2) is 11.5 Å². The zero-order chi connectivity index (χ0) is 34.5. The molecule has 0 radical (unpaired) electrons. The molecular formula is C37H48N6O5S. The number of benzene rings is 1. The van der Waals surface area contributed by atoms with Gasteiger partial charge in [-0.15, -0.1) is 11.8 Å². The van der Waals surface area contributed by atoms with Gasteiger partial charge >= 0.3 is 0 Å². The molecule has 1 amide bonds.